The van der Waals surface area contributed by atoms with Gasteiger partial charge in [-0.05, 0) is 18.1 Å². The molecule has 0 saturated carbocycles. The molecule has 0 spiro atoms. The summed E-state index contributed by atoms with van der Waals surface area (Å²) in [6.07, 6.45) is 0.299. The molecule has 0 radical (unpaired) electrons. The lowest BCUT2D eigenvalue weighted by atomic mass is 10.1. The monoisotopic (exact) mass is 215 g/mol. The summed E-state index contributed by atoms with van der Waals surface area (Å²) < 4.78 is 31.0. The van der Waals surface area contributed by atoms with Crippen LogP contribution in [0.25, 0.3) is 0 Å². The minimum atomic E-state index is -4.07. The molecule has 5 heteroatoms. The Morgan fingerprint density at radius 3 is 2.43 bits per heavy atom. The molecule has 0 aromatic heterocycles. The molecule has 0 aliphatic heterocycles. The first-order chi connectivity index (χ1) is 6.46. The zero-order chi connectivity index (χ0) is 10.8. The molecular formula is C9H13NO3S. The maximum atomic E-state index is 11.0. The molecule has 14 heavy (non-hydrogen) atoms. The molecule has 0 aliphatic rings. The number of hydrogen-bond acceptors (Lipinski definition) is 3. The number of nitrogens with two attached hydrogens (primary N) is 1. The fourth-order valence-corrected chi connectivity index (χ4v) is 2.35. The first-order valence-corrected chi connectivity index (χ1v) is 5.77. The molecule has 1 rings (SSSR count). The lowest BCUT2D eigenvalue weighted by Gasteiger charge is -2.13. The van der Waals surface area contributed by atoms with Crippen LogP contribution in [0.4, 0.5) is 5.69 Å². The highest BCUT2D eigenvalue weighted by Crippen LogP contribution is 2.28. The van der Waals surface area contributed by atoms with E-state index in [4.69, 9.17) is 10.3 Å². The van der Waals surface area contributed by atoms with Gasteiger partial charge >= 0.3 is 0 Å². The van der Waals surface area contributed by atoms with Crippen molar-refractivity contribution in [1.82, 2.24) is 0 Å². The number of benzene rings is 1. The van der Waals surface area contributed by atoms with Crippen molar-refractivity contribution in [3.63, 3.8) is 0 Å². The Kier molecular flexibility index (Phi) is 3.13. The summed E-state index contributed by atoms with van der Waals surface area (Å²) in [7, 11) is -4.07. The van der Waals surface area contributed by atoms with Gasteiger partial charge < -0.3 is 5.73 Å². The second-order valence-electron chi connectivity index (χ2n) is 3.04. The van der Waals surface area contributed by atoms with Crippen molar-refractivity contribution < 1.29 is 13.0 Å². The van der Waals surface area contributed by atoms with E-state index in [1.807, 2.05) is 0 Å². The Morgan fingerprint density at radius 2 is 2.00 bits per heavy atom. The van der Waals surface area contributed by atoms with E-state index in [9.17, 15) is 8.42 Å². The summed E-state index contributed by atoms with van der Waals surface area (Å²) in [5.74, 6) is 0. The Bertz CT molecular complexity index is 414. The highest BCUT2D eigenvalue weighted by molar-refractivity contribution is 7.86. The van der Waals surface area contributed by atoms with E-state index in [-0.39, 0.29) is 0 Å². The average molecular weight is 215 g/mol. The summed E-state index contributed by atoms with van der Waals surface area (Å²) >= 11 is 0. The van der Waals surface area contributed by atoms with E-state index in [2.05, 4.69) is 0 Å². The molecule has 0 bridgehead atoms. The maximum Gasteiger partial charge on any atom is 0.272 e. The minimum Gasteiger partial charge on any atom is -0.398 e. The third-order valence-corrected chi connectivity index (χ3v) is 3.38. The second-order valence-corrected chi connectivity index (χ2v) is 4.64. The molecule has 0 saturated heterocycles. The Hall–Kier alpha value is -1.07. The van der Waals surface area contributed by atoms with Gasteiger partial charge in [-0.15, -0.1) is 0 Å². The normalized spacial score (nSPS) is 13.9. The quantitative estimate of drug-likeness (QED) is 0.593. The van der Waals surface area contributed by atoms with Crippen molar-refractivity contribution in [3.05, 3.63) is 29.8 Å². The number of para-hydroxylation sites is 1. The van der Waals surface area contributed by atoms with Gasteiger partial charge in [0.1, 0.15) is 5.25 Å². The first-order valence-electron chi connectivity index (χ1n) is 4.27. The van der Waals surface area contributed by atoms with Crippen LogP contribution in [0.3, 0.4) is 0 Å². The lowest BCUT2D eigenvalue weighted by molar-refractivity contribution is 0.466. The molecule has 0 amide bonds. The molecule has 1 unspecified atom stereocenters. The summed E-state index contributed by atoms with van der Waals surface area (Å²) in [5, 5.41) is -0.927. The van der Waals surface area contributed by atoms with E-state index >= 15 is 0 Å². The Morgan fingerprint density at radius 1 is 1.43 bits per heavy atom. The van der Waals surface area contributed by atoms with Crippen molar-refractivity contribution in [2.24, 2.45) is 0 Å². The highest BCUT2D eigenvalue weighted by Gasteiger charge is 2.24. The third-order valence-electron chi connectivity index (χ3n) is 2.07. The van der Waals surface area contributed by atoms with Crippen molar-refractivity contribution in [3.8, 4) is 0 Å². The van der Waals surface area contributed by atoms with Gasteiger partial charge in [0.05, 0.1) is 0 Å². The van der Waals surface area contributed by atoms with Gasteiger partial charge in [-0.25, -0.2) is 0 Å². The maximum absolute atomic E-state index is 11.0. The number of hydrogen-bond donors (Lipinski definition) is 2. The van der Waals surface area contributed by atoms with E-state index in [0.29, 0.717) is 17.7 Å². The van der Waals surface area contributed by atoms with Crippen LogP contribution >= 0.6 is 0 Å². The number of anilines is 1. The predicted molar refractivity (Wildman–Crippen MR) is 55.4 cm³/mol. The van der Waals surface area contributed by atoms with Crippen molar-refractivity contribution >= 4 is 15.8 Å². The van der Waals surface area contributed by atoms with Crippen molar-refractivity contribution in [2.75, 3.05) is 5.73 Å². The fourth-order valence-electron chi connectivity index (χ4n) is 1.40. The van der Waals surface area contributed by atoms with E-state index in [1.54, 1.807) is 31.2 Å². The van der Waals surface area contributed by atoms with Crippen LogP contribution in [-0.4, -0.2) is 13.0 Å². The van der Waals surface area contributed by atoms with Gasteiger partial charge in [0, 0.05) is 5.69 Å². The lowest BCUT2D eigenvalue weighted by Crippen LogP contribution is -2.12. The van der Waals surface area contributed by atoms with Crippen LogP contribution in [-0.2, 0) is 10.1 Å². The first kappa shape index (κ1) is 11.0. The molecule has 1 aromatic rings. The van der Waals surface area contributed by atoms with E-state index in [0.717, 1.165) is 0 Å². The van der Waals surface area contributed by atoms with Gasteiger partial charge in [0.2, 0.25) is 0 Å². The summed E-state index contributed by atoms with van der Waals surface area (Å²) in [5.41, 5.74) is 6.46. The van der Waals surface area contributed by atoms with Gasteiger partial charge in [-0.3, -0.25) is 4.55 Å². The molecule has 1 atom stereocenters. The largest absolute Gasteiger partial charge is 0.398 e. The zero-order valence-electron chi connectivity index (χ0n) is 7.84. The molecule has 4 nitrogen and oxygen atoms in total. The van der Waals surface area contributed by atoms with Crippen LogP contribution in [0, 0.1) is 0 Å². The summed E-state index contributed by atoms with van der Waals surface area (Å²) in [6.45, 7) is 1.69. The topological polar surface area (TPSA) is 80.4 Å². The van der Waals surface area contributed by atoms with Crippen molar-refractivity contribution in [1.29, 1.82) is 0 Å². The van der Waals surface area contributed by atoms with Crippen LogP contribution in [0.2, 0.25) is 0 Å². The second kappa shape index (κ2) is 3.98. The molecule has 1 aromatic carbocycles. The molecule has 78 valence electrons. The van der Waals surface area contributed by atoms with E-state index in [1.165, 1.54) is 0 Å². The number of rotatable bonds is 3. The summed E-state index contributed by atoms with van der Waals surface area (Å²) in [6, 6.07) is 6.63. The fraction of sp³-hybridized carbons (Fsp3) is 0.333. The van der Waals surface area contributed by atoms with Crippen LogP contribution in [0.15, 0.2) is 24.3 Å². The Labute approximate surface area is 83.5 Å². The molecule has 0 fully saturated rings. The van der Waals surface area contributed by atoms with Crippen LogP contribution < -0.4 is 5.73 Å². The van der Waals surface area contributed by atoms with Crippen LogP contribution in [0.1, 0.15) is 24.2 Å². The van der Waals surface area contributed by atoms with Gasteiger partial charge in [0.15, 0.2) is 0 Å². The minimum absolute atomic E-state index is 0.299. The Balaban J connectivity index is 3.21. The average Bonchev–Trinajstić information content (AvgIpc) is 2.07. The SMILES string of the molecule is CCC(c1ccccc1N)S(=O)(=O)O. The van der Waals surface area contributed by atoms with Crippen molar-refractivity contribution in [2.45, 2.75) is 18.6 Å². The zero-order valence-corrected chi connectivity index (χ0v) is 8.66. The highest BCUT2D eigenvalue weighted by atomic mass is 32.2. The molecular weight excluding hydrogens is 202 g/mol. The van der Waals surface area contributed by atoms with Gasteiger partial charge in [0.25, 0.3) is 10.1 Å². The smallest absolute Gasteiger partial charge is 0.272 e. The van der Waals surface area contributed by atoms with Gasteiger partial charge in [-0.1, -0.05) is 25.1 Å². The molecule has 0 aliphatic carbocycles. The molecule has 3 N–H and O–H groups in total. The summed E-state index contributed by atoms with van der Waals surface area (Å²) in [4.78, 5) is 0. The van der Waals surface area contributed by atoms with Gasteiger partial charge in [-0.2, -0.15) is 8.42 Å². The van der Waals surface area contributed by atoms with Crippen LogP contribution in [0.5, 0.6) is 0 Å². The van der Waals surface area contributed by atoms with E-state index < -0.39 is 15.4 Å². The number of nitrogen functional groups attached to an aromatic ring is 1. The predicted octanol–water partition coefficient (Wildman–Crippen LogP) is 1.61. The third kappa shape index (κ3) is 2.24. The molecule has 0 heterocycles. The standard InChI is InChI=1S/C9H13NO3S/c1-2-9(14(11,12)13)7-5-3-4-6-8(7)10/h3-6,9H,2,10H2,1H3,(H,11,12,13).